The molecule has 0 aliphatic carbocycles. The number of likely N-dealkylation sites (N-methyl/N-ethyl adjacent to an activating group) is 1. The van der Waals surface area contributed by atoms with Crippen LogP contribution in [-0.4, -0.2) is 70.0 Å². The molecule has 0 aliphatic heterocycles. The number of quaternary nitrogens is 1. The van der Waals surface area contributed by atoms with Crippen molar-refractivity contribution in [3.63, 3.8) is 0 Å². The molecular formula is C71H136NO8P. The minimum absolute atomic E-state index is 0.0268. The maximum absolute atomic E-state index is 12.8. The van der Waals surface area contributed by atoms with E-state index in [9.17, 15) is 19.0 Å². The smallest absolute Gasteiger partial charge is 0.306 e. The first kappa shape index (κ1) is 79.2. The number of rotatable bonds is 66. The lowest BCUT2D eigenvalue weighted by Gasteiger charge is -2.28. The number of carbonyl (C=O) groups is 2. The van der Waals surface area contributed by atoms with Crippen LogP contribution in [0.25, 0.3) is 0 Å². The summed E-state index contributed by atoms with van der Waals surface area (Å²) < 4.78 is 34.3. The molecule has 0 bridgehead atoms. The Balaban J connectivity index is 3.86. The van der Waals surface area contributed by atoms with E-state index in [0.29, 0.717) is 17.4 Å². The molecule has 0 aliphatic rings. The average Bonchev–Trinajstić information content (AvgIpc) is 3.43. The molecular weight excluding hydrogens is 1030 g/mol. The molecule has 0 saturated heterocycles. The first-order valence-corrected chi connectivity index (χ1v) is 36.7. The minimum atomic E-state index is -4.63. The highest BCUT2D eigenvalue weighted by Gasteiger charge is 2.22. The highest BCUT2D eigenvalue weighted by molar-refractivity contribution is 7.45. The molecule has 0 fully saturated rings. The van der Waals surface area contributed by atoms with E-state index in [1.807, 2.05) is 21.1 Å². The van der Waals surface area contributed by atoms with Crippen molar-refractivity contribution in [2.75, 3.05) is 47.5 Å². The highest BCUT2D eigenvalue weighted by Crippen LogP contribution is 2.38. The van der Waals surface area contributed by atoms with E-state index in [1.54, 1.807) is 0 Å². The summed E-state index contributed by atoms with van der Waals surface area (Å²) in [6.07, 6.45) is 79.6. The third-order valence-corrected chi connectivity index (χ3v) is 16.9. The zero-order valence-corrected chi connectivity index (χ0v) is 55.4. The van der Waals surface area contributed by atoms with Crippen LogP contribution in [0.2, 0.25) is 0 Å². The molecule has 2 unspecified atom stereocenters. The molecule has 9 nitrogen and oxygen atoms in total. The van der Waals surface area contributed by atoms with Gasteiger partial charge in [0.1, 0.15) is 19.8 Å². The summed E-state index contributed by atoms with van der Waals surface area (Å²) in [6.45, 7) is 4.29. The fourth-order valence-corrected chi connectivity index (χ4v) is 11.2. The van der Waals surface area contributed by atoms with Crippen LogP contribution in [0, 0.1) is 0 Å². The summed E-state index contributed by atoms with van der Waals surface area (Å²) in [7, 11) is 1.19. The van der Waals surface area contributed by atoms with Gasteiger partial charge in [-0.15, -0.1) is 0 Å². The van der Waals surface area contributed by atoms with Gasteiger partial charge in [0.15, 0.2) is 6.10 Å². The second kappa shape index (κ2) is 62.8. The number of esters is 2. The zero-order chi connectivity index (χ0) is 59.1. The van der Waals surface area contributed by atoms with Crippen molar-refractivity contribution in [3.05, 3.63) is 36.5 Å². The zero-order valence-electron chi connectivity index (χ0n) is 54.5. The van der Waals surface area contributed by atoms with Gasteiger partial charge in [-0.05, 0) is 51.4 Å². The maximum atomic E-state index is 12.8. The summed E-state index contributed by atoms with van der Waals surface area (Å²) in [4.78, 5) is 37.9. The molecule has 0 N–H and O–H groups in total. The molecule has 0 amide bonds. The Hall–Kier alpha value is -1.77. The Morgan fingerprint density at radius 2 is 0.667 bits per heavy atom. The Kier molecular flexibility index (Phi) is 61.4. The average molecular weight is 1160 g/mol. The summed E-state index contributed by atoms with van der Waals surface area (Å²) in [5, 5.41) is 0. The Morgan fingerprint density at radius 3 is 0.988 bits per heavy atom. The predicted molar refractivity (Wildman–Crippen MR) is 347 cm³/mol. The largest absolute Gasteiger partial charge is 0.756 e. The second-order valence-corrected chi connectivity index (χ2v) is 26.7. The SMILES string of the molecule is CCCCCCC/C=C\C/C=C\C/C=C\CCCCCCCCCCCCCCCCCCCCCCCCCCCCC(=O)OC(COC(=O)CCCCCCCCCCCCCCCCCC)COP(=O)([O-])OCC[N+](C)(C)C. The van der Waals surface area contributed by atoms with Gasteiger partial charge >= 0.3 is 11.9 Å². The molecule has 2 atom stereocenters. The van der Waals surface area contributed by atoms with Gasteiger partial charge in [0.2, 0.25) is 0 Å². The van der Waals surface area contributed by atoms with Gasteiger partial charge in [0.05, 0.1) is 27.7 Å². The molecule has 0 rings (SSSR count). The van der Waals surface area contributed by atoms with Crippen LogP contribution in [-0.2, 0) is 32.7 Å². The molecule has 81 heavy (non-hydrogen) atoms. The van der Waals surface area contributed by atoms with E-state index in [1.165, 1.54) is 276 Å². The monoisotopic (exact) mass is 1160 g/mol. The van der Waals surface area contributed by atoms with Crippen molar-refractivity contribution < 1.29 is 42.1 Å². The highest BCUT2D eigenvalue weighted by atomic mass is 31.2. The molecule has 478 valence electrons. The Bertz CT molecular complexity index is 1460. The number of hydrogen-bond acceptors (Lipinski definition) is 8. The number of ether oxygens (including phenoxy) is 2. The van der Waals surface area contributed by atoms with Crippen LogP contribution >= 0.6 is 7.82 Å². The van der Waals surface area contributed by atoms with E-state index in [4.69, 9.17) is 18.5 Å². The van der Waals surface area contributed by atoms with Gasteiger partial charge in [-0.25, -0.2) is 0 Å². The van der Waals surface area contributed by atoms with Crippen LogP contribution in [0.4, 0.5) is 0 Å². The van der Waals surface area contributed by atoms with Gasteiger partial charge < -0.3 is 27.9 Å². The standard InChI is InChI=1S/C71H136NO8P/c1-6-8-10-12-14-16-18-20-22-24-25-26-27-28-29-30-31-32-33-34-35-36-37-38-39-40-41-42-43-44-45-46-47-48-50-52-54-56-58-60-62-64-71(74)80-69(68-79-81(75,76)78-66-65-72(3,4)5)67-77-70(73)63-61-59-57-55-53-51-49-23-21-19-17-15-13-11-9-7-2/h18,20,24-25,27-28,69H,6-17,19,21-23,26,29-68H2,1-5H3/b20-18-,25-24-,28-27-. The molecule has 0 spiro atoms. The summed E-state index contributed by atoms with van der Waals surface area (Å²) in [5.74, 6) is -0.811. The molecule has 0 radical (unpaired) electrons. The second-order valence-electron chi connectivity index (χ2n) is 25.3. The van der Waals surface area contributed by atoms with E-state index in [0.717, 1.165) is 44.9 Å². The van der Waals surface area contributed by atoms with Crippen LogP contribution in [0.3, 0.4) is 0 Å². The van der Waals surface area contributed by atoms with Crippen molar-refractivity contribution in [1.82, 2.24) is 0 Å². The van der Waals surface area contributed by atoms with Crippen molar-refractivity contribution in [1.29, 1.82) is 0 Å². The van der Waals surface area contributed by atoms with Crippen LogP contribution in [0.15, 0.2) is 36.5 Å². The van der Waals surface area contributed by atoms with Crippen LogP contribution < -0.4 is 4.89 Å². The summed E-state index contributed by atoms with van der Waals surface area (Å²) in [6, 6.07) is 0. The van der Waals surface area contributed by atoms with Gasteiger partial charge in [-0.3, -0.25) is 14.2 Å². The topological polar surface area (TPSA) is 111 Å². The van der Waals surface area contributed by atoms with Crippen molar-refractivity contribution in [2.45, 2.75) is 360 Å². The first-order valence-electron chi connectivity index (χ1n) is 35.2. The Labute approximate surface area is 503 Å². The van der Waals surface area contributed by atoms with Crippen LogP contribution in [0.1, 0.15) is 354 Å². The fourth-order valence-electron chi connectivity index (χ4n) is 10.5. The number of phosphoric acid groups is 1. The molecule has 0 saturated carbocycles. The van der Waals surface area contributed by atoms with E-state index >= 15 is 0 Å². The lowest BCUT2D eigenvalue weighted by atomic mass is 10.0. The number of carbonyl (C=O) groups excluding carboxylic acids is 2. The summed E-state index contributed by atoms with van der Waals surface area (Å²) in [5.41, 5.74) is 0. The minimum Gasteiger partial charge on any atom is -0.756 e. The normalized spacial score (nSPS) is 13.3. The number of allylic oxidation sites excluding steroid dienone is 6. The lowest BCUT2D eigenvalue weighted by Crippen LogP contribution is -2.37. The molecule has 0 aromatic carbocycles. The number of phosphoric ester groups is 1. The number of nitrogens with zero attached hydrogens (tertiary/aromatic N) is 1. The number of unbranched alkanes of at least 4 members (excludes halogenated alkanes) is 46. The van der Waals surface area contributed by atoms with Gasteiger partial charge in [-0.1, -0.05) is 326 Å². The molecule has 0 heterocycles. The molecule has 0 aromatic heterocycles. The van der Waals surface area contributed by atoms with E-state index in [-0.39, 0.29) is 32.0 Å². The third kappa shape index (κ3) is 67.2. The maximum Gasteiger partial charge on any atom is 0.306 e. The van der Waals surface area contributed by atoms with Crippen molar-refractivity contribution in [2.24, 2.45) is 0 Å². The lowest BCUT2D eigenvalue weighted by molar-refractivity contribution is -0.870. The van der Waals surface area contributed by atoms with Crippen molar-refractivity contribution in [3.8, 4) is 0 Å². The third-order valence-electron chi connectivity index (χ3n) is 15.9. The van der Waals surface area contributed by atoms with E-state index < -0.39 is 26.5 Å². The molecule has 10 heteroatoms. The Morgan fingerprint density at radius 1 is 0.383 bits per heavy atom. The fraction of sp³-hybridized carbons (Fsp3) is 0.887. The van der Waals surface area contributed by atoms with Gasteiger partial charge in [0.25, 0.3) is 7.82 Å². The van der Waals surface area contributed by atoms with Crippen LogP contribution in [0.5, 0.6) is 0 Å². The van der Waals surface area contributed by atoms with E-state index in [2.05, 4.69) is 50.3 Å². The predicted octanol–water partition coefficient (Wildman–Crippen LogP) is 22.0. The first-order chi connectivity index (χ1) is 39.5. The molecule has 0 aromatic rings. The van der Waals surface area contributed by atoms with Gasteiger partial charge in [0, 0.05) is 12.8 Å². The van der Waals surface area contributed by atoms with Crippen molar-refractivity contribution >= 4 is 19.8 Å². The van der Waals surface area contributed by atoms with Gasteiger partial charge in [-0.2, -0.15) is 0 Å². The summed E-state index contributed by atoms with van der Waals surface area (Å²) >= 11 is 0. The quantitative estimate of drug-likeness (QED) is 0.0195. The number of hydrogen-bond donors (Lipinski definition) is 0.